The van der Waals surface area contributed by atoms with Gasteiger partial charge in [0.25, 0.3) is 0 Å². The number of methoxy groups -OCH3 is 1. The van der Waals surface area contributed by atoms with Crippen LogP contribution in [0.3, 0.4) is 0 Å². The Hall–Kier alpha value is -2.15. The fraction of sp³-hybridized carbons (Fsp3) is 0.250. The van der Waals surface area contributed by atoms with Crippen LogP contribution < -0.4 is 9.47 Å². The molecule has 1 rings (SSSR count). The second-order valence-electron chi connectivity index (χ2n) is 3.07. The number of ether oxygens (including phenoxy) is 2. The van der Waals surface area contributed by atoms with Crippen molar-refractivity contribution in [2.75, 3.05) is 13.7 Å². The lowest BCUT2D eigenvalue weighted by atomic mass is 10.1. The highest BCUT2D eigenvalue weighted by Crippen LogP contribution is 2.31. The lowest BCUT2D eigenvalue weighted by Crippen LogP contribution is -2.04. The molecule has 1 aromatic carbocycles. The lowest BCUT2D eigenvalue weighted by Gasteiger charge is -2.12. The summed E-state index contributed by atoms with van der Waals surface area (Å²) >= 11 is 0. The summed E-state index contributed by atoms with van der Waals surface area (Å²) in [4.78, 5) is 10.9. The molecule has 4 nitrogen and oxygen atoms in total. The van der Waals surface area contributed by atoms with Crippen molar-refractivity contribution >= 4 is 5.97 Å². The molecule has 84 valence electrons. The molecule has 0 atom stereocenters. The van der Waals surface area contributed by atoms with Crippen LogP contribution in [0.2, 0.25) is 0 Å². The van der Waals surface area contributed by atoms with Gasteiger partial charge in [-0.3, -0.25) is 0 Å². The van der Waals surface area contributed by atoms with Crippen LogP contribution in [0, 0.1) is 19.3 Å². The Kier molecular flexibility index (Phi) is 3.78. The van der Waals surface area contributed by atoms with Gasteiger partial charge in [0.1, 0.15) is 23.7 Å². The van der Waals surface area contributed by atoms with E-state index in [2.05, 4.69) is 5.92 Å². The second kappa shape index (κ2) is 5.08. The molecule has 1 N–H and O–H groups in total. The molecular formula is C12H12O4. The fourth-order valence-corrected chi connectivity index (χ4v) is 1.38. The van der Waals surface area contributed by atoms with Gasteiger partial charge in [0, 0.05) is 5.56 Å². The van der Waals surface area contributed by atoms with Crippen LogP contribution in [-0.4, -0.2) is 24.8 Å². The van der Waals surface area contributed by atoms with Crippen molar-refractivity contribution in [1.82, 2.24) is 0 Å². The number of carboxylic acid groups (broad SMARTS) is 1. The average molecular weight is 220 g/mol. The van der Waals surface area contributed by atoms with Gasteiger partial charge in [0.05, 0.1) is 7.11 Å². The van der Waals surface area contributed by atoms with E-state index in [0.717, 1.165) is 0 Å². The maximum atomic E-state index is 10.9. The van der Waals surface area contributed by atoms with Gasteiger partial charge in [0.15, 0.2) is 0 Å². The fourth-order valence-electron chi connectivity index (χ4n) is 1.38. The molecule has 0 heterocycles. The standard InChI is InChI=1S/C12H12O4/c1-4-7-16-10-6-5-9(12(13)14)11(15-3)8(10)2/h1,5-6H,7H2,2-3H3,(H,13,14). The molecule has 0 radical (unpaired) electrons. The van der Waals surface area contributed by atoms with E-state index in [-0.39, 0.29) is 12.2 Å². The number of benzene rings is 1. The van der Waals surface area contributed by atoms with Crippen molar-refractivity contribution in [3.05, 3.63) is 23.3 Å². The van der Waals surface area contributed by atoms with Crippen LogP contribution >= 0.6 is 0 Å². The Bertz CT molecular complexity index is 443. The Morgan fingerprint density at radius 2 is 2.25 bits per heavy atom. The zero-order valence-corrected chi connectivity index (χ0v) is 9.11. The Morgan fingerprint density at radius 3 is 2.75 bits per heavy atom. The average Bonchev–Trinajstić information content (AvgIpc) is 2.26. The van der Waals surface area contributed by atoms with Gasteiger partial charge in [-0.1, -0.05) is 5.92 Å². The molecular weight excluding hydrogens is 208 g/mol. The highest BCUT2D eigenvalue weighted by atomic mass is 16.5. The van der Waals surface area contributed by atoms with E-state index in [1.807, 2.05) is 0 Å². The number of carbonyl (C=O) groups is 1. The monoisotopic (exact) mass is 220 g/mol. The van der Waals surface area contributed by atoms with Gasteiger partial charge in [-0.2, -0.15) is 0 Å². The molecule has 0 aliphatic heterocycles. The van der Waals surface area contributed by atoms with Crippen molar-refractivity contribution in [2.24, 2.45) is 0 Å². The number of terminal acetylenes is 1. The Morgan fingerprint density at radius 1 is 1.56 bits per heavy atom. The SMILES string of the molecule is C#CCOc1ccc(C(=O)O)c(OC)c1C. The molecule has 0 bridgehead atoms. The minimum atomic E-state index is -1.04. The summed E-state index contributed by atoms with van der Waals surface area (Å²) in [5, 5.41) is 8.94. The number of hydrogen-bond acceptors (Lipinski definition) is 3. The number of carboxylic acids is 1. The van der Waals surface area contributed by atoms with E-state index in [9.17, 15) is 4.79 Å². The summed E-state index contributed by atoms with van der Waals surface area (Å²) < 4.78 is 10.3. The molecule has 0 amide bonds. The molecule has 0 saturated heterocycles. The predicted octanol–water partition coefficient (Wildman–Crippen LogP) is 1.71. The molecule has 4 heteroatoms. The van der Waals surface area contributed by atoms with Crippen LogP contribution in [0.4, 0.5) is 0 Å². The van der Waals surface area contributed by atoms with Crippen molar-refractivity contribution in [1.29, 1.82) is 0 Å². The third-order valence-electron chi connectivity index (χ3n) is 2.10. The quantitative estimate of drug-likeness (QED) is 0.785. The van der Waals surface area contributed by atoms with Gasteiger partial charge < -0.3 is 14.6 Å². The van der Waals surface area contributed by atoms with Gasteiger partial charge in [0.2, 0.25) is 0 Å². The molecule has 0 spiro atoms. The molecule has 1 aromatic rings. The minimum Gasteiger partial charge on any atom is -0.495 e. The summed E-state index contributed by atoms with van der Waals surface area (Å²) in [7, 11) is 1.42. The van der Waals surface area contributed by atoms with Crippen molar-refractivity contribution in [3.63, 3.8) is 0 Å². The third kappa shape index (κ3) is 2.26. The molecule has 16 heavy (non-hydrogen) atoms. The Labute approximate surface area is 93.8 Å². The van der Waals surface area contributed by atoms with Gasteiger partial charge >= 0.3 is 5.97 Å². The van der Waals surface area contributed by atoms with Gasteiger partial charge in [-0.25, -0.2) is 4.79 Å². The van der Waals surface area contributed by atoms with Crippen LogP contribution in [-0.2, 0) is 0 Å². The van der Waals surface area contributed by atoms with Crippen LogP contribution in [0.25, 0.3) is 0 Å². The lowest BCUT2D eigenvalue weighted by molar-refractivity contribution is 0.0693. The van der Waals surface area contributed by atoms with E-state index in [1.165, 1.54) is 13.2 Å². The van der Waals surface area contributed by atoms with E-state index >= 15 is 0 Å². The molecule has 0 unspecified atom stereocenters. The molecule has 0 aliphatic rings. The van der Waals surface area contributed by atoms with Crippen LogP contribution in [0.1, 0.15) is 15.9 Å². The highest BCUT2D eigenvalue weighted by molar-refractivity contribution is 5.91. The smallest absolute Gasteiger partial charge is 0.339 e. The van der Waals surface area contributed by atoms with Crippen molar-refractivity contribution < 1.29 is 19.4 Å². The van der Waals surface area contributed by atoms with Gasteiger partial charge in [-0.05, 0) is 19.1 Å². The highest BCUT2D eigenvalue weighted by Gasteiger charge is 2.16. The number of hydrogen-bond donors (Lipinski definition) is 1. The first-order valence-electron chi connectivity index (χ1n) is 4.59. The zero-order valence-electron chi connectivity index (χ0n) is 9.11. The van der Waals surface area contributed by atoms with Crippen molar-refractivity contribution in [3.8, 4) is 23.8 Å². The number of aromatic carboxylic acids is 1. The van der Waals surface area contributed by atoms with E-state index < -0.39 is 5.97 Å². The minimum absolute atomic E-state index is 0.105. The maximum Gasteiger partial charge on any atom is 0.339 e. The molecule has 0 fully saturated rings. The largest absolute Gasteiger partial charge is 0.495 e. The number of rotatable bonds is 4. The topological polar surface area (TPSA) is 55.8 Å². The maximum absolute atomic E-state index is 10.9. The first kappa shape index (κ1) is 11.9. The van der Waals surface area contributed by atoms with E-state index in [4.69, 9.17) is 21.0 Å². The Balaban J connectivity index is 3.19. The first-order valence-corrected chi connectivity index (χ1v) is 4.59. The summed E-state index contributed by atoms with van der Waals surface area (Å²) in [5.74, 6) is 2.12. The molecule has 0 saturated carbocycles. The zero-order chi connectivity index (χ0) is 12.1. The summed E-state index contributed by atoms with van der Waals surface area (Å²) in [6.07, 6.45) is 5.07. The van der Waals surface area contributed by atoms with Crippen molar-refractivity contribution in [2.45, 2.75) is 6.92 Å². The van der Waals surface area contributed by atoms with E-state index in [1.54, 1.807) is 13.0 Å². The first-order chi connectivity index (χ1) is 7.61. The summed E-state index contributed by atoms with van der Waals surface area (Å²) in [6.45, 7) is 1.85. The third-order valence-corrected chi connectivity index (χ3v) is 2.10. The van der Waals surface area contributed by atoms with Gasteiger partial charge in [-0.15, -0.1) is 6.42 Å². The summed E-state index contributed by atoms with van der Waals surface area (Å²) in [5.41, 5.74) is 0.728. The van der Waals surface area contributed by atoms with Crippen LogP contribution in [0.5, 0.6) is 11.5 Å². The second-order valence-corrected chi connectivity index (χ2v) is 3.07. The molecule has 0 aromatic heterocycles. The summed E-state index contributed by atoms with van der Waals surface area (Å²) in [6, 6.07) is 3.00. The predicted molar refractivity (Wildman–Crippen MR) is 59.0 cm³/mol. The van der Waals surface area contributed by atoms with Crippen LogP contribution in [0.15, 0.2) is 12.1 Å². The molecule has 0 aliphatic carbocycles. The normalized spacial score (nSPS) is 9.31. The van der Waals surface area contributed by atoms with E-state index in [0.29, 0.717) is 17.1 Å².